The van der Waals surface area contributed by atoms with Crippen molar-refractivity contribution >= 4 is 34.7 Å². The van der Waals surface area contributed by atoms with Crippen LogP contribution in [0.5, 0.6) is 0 Å². The lowest BCUT2D eigenvalue weighted by atomic mass is 10.3. The zero-order valence-electron chi connectivity index (χ0n) is 14.8. The van der Waals surface area contributed by atoms with Crippen LogP contribution in [0.15, 0.2) is 46.9 Å². The van der Waals surface area contributed by atoms with E-state index in [1.54, 1.807) is 23.5 Å². The Morgan fingerprint density at radius 1 is 1.33 bits per heavy atom. The van der Waals surface area contributed by atoms with Crippen LogP contribution in [-0.4, -0.2) is 25.9 Å². The fraction of sp³-hybridized carbons (Fsp3) is 0.316. The lowest BCUT2D eigenvalue weighted by Crippen LogP contribution is -2.23. The molecule has 4 rings (SSSR count). The maximum Gasteiger partial charge on any atom is 0.237 e. The first-order valence-electron chi connectivity index (χ1n) is 8.79. The van der Waals surface area contributed by atoms with Gasteiger partial charge in [-0.1, -0.05) is 17.8 Å². The van der Waals surface area contributed by atoms with Gasteiger partial charge in [-0.2, -0.15) is 0 Å². The highest BCUT2D eigenvalue weighted by Crippen LogP contribution is 2.40. The number of halogens is 1. The third-order valence-corrected chi connectivity index (χ3v) is 6.26. The van der Waals surface area contributed by atoms with Gasteiger partial charge in [0.25, 0.3) is 0 Å². The second-order valence-electron chi connectivity index (χ2n) is 6.51. The van der Waals surface area contributed by atoms with Gasteiger partial charge in [0.05, 0.1) is 5.25 Å². The summed E-state index contributed by atoms with van der Waals surface area (Å²) in [6.07, 6.45) is 3.01. The number of benzene rings is 1. The van der Waals surface area contributed by atoms with Crippen molar-refractivity contribution in [1.82, 2.24) is 14.8 Å². The highest BCUT2D eigenvalue weighted by Gasteiger charge is 2.31. The Hall–Kier alpha value is -2.19. The van der Waals surface area contributed by atoms with Crippen LogP contribution in [0.4, 0.5) is 10.1 Å². The molecule has 0 aliphatic heterocycles. The van der Waals surface area contributed by atoms with Gasteiger partial charge in [-0.25, -0.2) is 4.39 Å². The van der Waals surface area contributed by atoms with E-state index in [1.165, 1.54) is 28.8 Å². The molecule has 1 aromatic carbocycles. The minimum atomic E-state index is -0.341. The van der Waals surface area contributed by atoms with E-state index in [1.807, 2.05) is 13.0 Å². The van der Waals surface area contributed by atoms with Crippen molar-refractivity contribution in [2.45, 2.75) is 42.6 Å². The van der Waals surface area contributed by atoms with Crippen LogP contribution in [0.2, 0.25) is 0 Å². The Bertz CT molecular complexity index is 920. The third-order valence-electron chi connectivity index (χ3n) is 4.32. The Balaban J connectivity index is 1.46. The van der Waals surface area contributed by atoms with Gasteiger partial charge >= 0.3 is 0 Å². The molecule has 140 valence electrons. The molecular formula is C19H19FN4OS2. The van der Waals surface area contributed by atoms with Gasteiger partial charge < -0.3 is 9.88 Å². The molecule has 1 aliphatic rings. The number of nitrogens with zero attached hydrogens (tertiary/aromatic N) is 3. The monoisotopic (exact) mass is 402 g/mol. The SMILES string of the molecule is C[C@H](Sc1nnc(Cc2cccs2)n1C1CC1)C(=O)Nc1ccc(F)cc1. The Kier molecular flexibility index (Phi) is 5.27. The summed E-state index contributed by atoms with van der Waals surface area (Å²) >= 11 is 3.12. The van der Waals surface area contributed by atoms with Crippen LogP contribution >= 0.6 is 23.1 Å². The number of thiophene rings is 1. The summed E-state index contributed by atoms with van der Waals surface area (Å²) in [5, 5.41) is 14.1. The van der Waals surface area contributed by atoms with Crippen molar-refractivity contribution in [3.8, 4) is 0 Å². The minimum absolute atomic E-state index is 0.142. The molecule has 2 heterocycles. The van der Waals surface area contributed by atoms with E-state index >= 15 is 0 Å². The van der Waals surface area contributed by atoms with E-state index in [4.69, 9.17) is 0 Å². The predicted octanol–water partition coefficient (Wildman–Crippen LogP) is 4.52. The maximum atomic E-state index is 13.0. The fourth-order valence-corrected chi connectivity index (χ4v) is 4.41. The molecule has 2 aromatic heterocycles. The number of hydrogen-bond acceptors (Lipinski definition) is 5. The molecule has 5 nitrogen and oxygen atoms in total. The average Bonchev–Trinajstić information content (AvgIpc) is 3.21. The molecule has 0 unspecified atom stereocenters. The van der Waals surface area contributed by atoms with Crippen molar-refractivity contribution in [3.63, 3.8) is 0 Å². The predicted molar refractivity (Wildman–Crippen MR) is 106 cm³/mol. The molecule has 0 saturated heterocycles. The van der Waals surface area contributed by atoms with Crippen LogP contribution in [-0.2, 0) is 11.2 Å². The lowest BCUT2D eigenvalue weighted by molar-refractivity contribution is -0.115. The standard InChI is InChI=1S/C19H19FN4OS2/c1-12(18(25)21-14-6-4-13(20)5-7-14)27-19-23-22-17(24(19)15-8-9-15)11-16-3-2-10-26-16/h2-7,10,12,15H,8-9,11H2,1H3,(H,21,25)/t12-/m0/s1. The van der Waals surface area contributed by atoms with E-state index in [0.29, 0.717) is 11.7 Å². The Morgan fingerprint density at radius 3 is 2.78 bits per heavy atom. The van der Waals surface area contributed by atoms with Crippen LogP contribution in [0.25, 0.3) is 0 Å². The van der Waals surface area contributed by atoms with Crippen molar-refractivity contribution in [2.75, 3.05) is 5.32 Å². The normalized spacial score (nSPS) is 14.9. The van der Waals surface area contributed by atoms with E-state index in [0.717, 1.165) is 30.2 Å². The molecule has 0 bridgehead atoms. The molecule has 0 spiro atoms. The number of nitrogens with one attached hydrogen (secondary N) is 1. The van der Waals surface area contributed by atoms with Gasteiger partial charge in [0, 0.05) is 23.0 Å². The second kappa shape index (κ2) is 7.82. The number of hydrogen-bond donors (Lipinski definition) is 1. The molecule has 3 aromatic rings. The summed E-state index contributed by atoms with van der Waals surface area (Å²) in [6, 6.07) is 10.3. The van der Waals surface area contributed by atoms with E-state index in [-0.39, 0.29) is 17.0 Å². The zero-order valence-corrected chi connectivity index (χ0v) is 16.4. The van der Waals surface area contributed by atoms with Gasteiger partial charge in [-0.3, -0.25) is 4.79 Å². The Labute approximate surface area is 165 Å². The van der Waals surface area contributed by atoms with Gasteiger partial charge in [0.1, 0.15) is 11.6 Å². The van der Waals surface area contributed by atoms with Crippen molar-refractivity contribution in [2.24, 2.45) is 0 Å². The molecule has 8 heteroatoms. The third kappa shape index (κ3) is 4.39. The fourth-order valence-electron chi connectivity index (χ4n) is 2.77. The van der Waals surface area contributed by atoms with Crippen LogP contribution in [0, 0.1) is 5.82 Å². The molecule has 1 saturated carbocycles. The second-order valence-corrected chi connectivity index (χ2v) is 8.85. The van der Waals surface area contributed by atoms with Crippen molar-refractivity contribution in [3.05, 3.63) is 58.3 Å². The molecule has 0 radical (unpaired) electrons. The summed E-state index contributed by atoms with van der Waals surface area (Å²) in [5.74, 6) is 0.483. The van der Waals surface area contributed by atoms with E-state index < -0.39 is 0 Å². The molecule has 27 heavy (non-hydrogen) atoms. The number of carbonyl (C=O) groups is 1. The number of carbonyl (C=O) groups excluding carboxylic acids is 1. The number of thioether (sulfide) groups is 1. The largest absolute Gasteiger partial charge is 0.325 e. The molecule has 1 N–H and O–H groups in total. The quantitative estimate of drug-likeness (QED) is 0.590. The summed E-state index contributed by atoms with van der Waals surface area (Å²) in [6.45, 7) is 1.84. The molecular weight excluding hydrogens is 383 g/mol. The van der Waals surface area contributed by atoms with Crippen LogP contribution in [0.3, 0.4) is 0 Å². The number of rotatable bonds is 7. The van der Waals surface area contributed by atoms with Crippen molar-refractivity contribution in [1.29, 1.82) is 0 Å². The van der Waals surface area contributed by atoms with E-state index in [9.17, 15) is 9.18 Å². The highest BCUT2D eigenvalue weighted by atomic mass is 32.2. The van der Waals surface area contributed by atoms with Crippen LogP contribution < -0.4 is 5.32 Å². The molecule has 1 atom stereocenters. The summed E-state index contributed by atoms with van der Waals surface area (Å²) < 4.78 is 15.2. The summed E-state index contributed by atoms with van der Waals surface area (Å²) in [4.78, 5) is 13.7. The summed E-state index contributed by atoms with van der Waals surface area (Å²) in [7, 11) is 0. The molecule has 1 fully saturated rings. The van der Waals surface area contributed by atoms with Gasteiger partial charge in [-0.15, -0.1) is 21.5 Å². The first-order valence-corrected chi connectivity index (χ1v) is 10.6. The van der Waals surface area contributed by atoms with Crippen LogP contribution in [0.1, 0.15) is 36.5 Å². The highest BCUT2D eigenvalue weighted by molar-refractivity contribution is 8.00. The lowest BCUT2D eigenvalue weighted by Gasteiger charge is -2.13. The average molecular weight is 403 g/mol. The smallest absolute Gasteiger partial charge is 0.237 e. The van der Waals surface area contributed by atoms with Gasteiger partial charge in [-0.05, 0) is 55.5 Å². The van der Waals surface area contributed by atoms with Crippen molar-refractivity contribution < 1.29 is 9.18 Å². The first-order chi connectivity index (χ1) is 13.1. The maximum absolute atomic E-state index is 13.0. The topological polar surface area (TPSA) is 59.8 Å². The van der Waals surface area contributed by atoms with Gasteiger partial charge in [0.15, 0.2) is 5.16 Å². The number of aromatic nitrogens is 3. The molecule has 1 amide bonds. The summed E-state index contributed by atoms with van der Waals surface area (Å²) in [5.41, 5.74) is 0.580. The number of amides is 1. The van der Waals surface area contributed by atoms with Gasteiger partial charge in [0.2, 0.25) is 5.91 Å². The molecule has 1 aliphatic carbocycles. The minimum Gasteiger partial charge on any atom is -0.325 e. The number of anilines is 1. The first kappa shape index (κ1) is 18.2. The Morgan fingerprint density at radius 2 is 2.11 bits per heavy atom. The van der Waals surface area contributed by atoms with E-state index in [2.05, 4.69) is 31.5 Å². The zero-order chi connectivity index (χ0) is 18.8.